The molecule has 2 aromatic rings. The minimum atomic E-state index is -0.891. The molecule has 0 amide bonds. The zero-order valence-electron chi connectivity index (χ0n) is 11.8. The molecule has 3 heteroatoms. The van der Waals surface area contributed by atoms with E-state index >= 15 is 0 Å². The van der Waals surface area contributed by atoms with Crippen LogP contribution in [0.15, 0.2) is 48.5 Å². The minimum absolute atomic E-state index is 0.258. The van der Waals surface area contributed by atoms with Gasteiger partial charge in [0.2, 0.25) is 0 Å². The van der Waals surface area contributed by atoms with Crippen LogP contribution in [0.5, 0.6) is 0 Å². The van der Waals surface area contributed by atoms with Gasteiger partial charge in [0.15, 0.2) is 0 Å². The quantitative estimate of drug-likeness (QED) is 0.872. The third-order valence-corrected chi connectivity index (χ3v) is 3.36. The van der Waals surface area contributed by atoms with E-state index in [1.54, 1.807) is 12.1 Å². The van der Waals surface area contributed by atoms with Gasteiger partial charge in [-0.25, -0.2) is 4.79 Å². The largest absolute Gasteiger partial charge is 0.478 e. The number of aryl methyl sites for hydroxylation is 1. The van der Waals surface area contributed by atoms with Crippen molar-refractivity contribution < 1.29 is 9.90 Å². The predicted octanol–water partition coefficient (Wildman–Crippen LogP) is 3.54. The van der Waals surface area contributed by atoms with E-state index in [0.717, 1.165) is 12.1 Å². The van der Waals surface area contributed by atoms with E-state index in [-0.39, 0.29) is 6.04 Å². The van der Waals surface area contributed by atoms with Crippen LogP contribution in [-0.2, 0) is 6.54 Å². The molecular weight excluding hydrogens is 250 g/mol. The van der Waals surface area contributed by atoms with Gasteiger partial charge in [0.1, 0.15) is 0 Å². The average molecular weight is 269 g/mol. The maximum atomic E-state index is 10.8. The molecule has 104 valence electrons. The summed E-state index contributed by atoms with van der Waals surface area (Å²) in [6.45, 7) is 4.93. The molecule has 2 aromatic carbocycles. The number of hydrogen-bond donors (Lipinski definition) is 2. The Labute approximate surface area is 119 Å². The Morgan fingerprint density at radius 1 is 1.20 bits per heavy atom. The first kappa shape index (κ1) is 14.3. The standard InChI is InChI=1S/C17H19NO2/c1-12-4-3-5-16(10-12)13(2)18-11-14-6-8-15(9-7-14)17(19)20/h3-10,13,18H,11H2,1-2H3,(H,19,20)/t13-/m1/s1. The zero-order valence-corrected chi connectivity index (χ0v) is 11.8. The van der Waals surface area contributed by atoms with E-state index in [1.807, 2.05) is 12.1 Å². The molecule has 2 rings (SSSR count). The molecule has 2 N–H and O–H groups in total. The third kappa shape index (κ3) is 3.68. The lowest BCUT2D eigenvalue weighted by Gasteiger charge is -2.15. The number of carboxylic acid groups (broad SMARTS) is 1. The van der Waals surface area contributed by atoms with E-state index in [1.165, 1.54) is 11.1 Å². The Morgan fingerprint density at radius 2 is 1.90 bits per heavy atom. The first-order valence-electron chi connectivity index (χ1n) is 6.68. The second kappa shape index (κ2) is 6.35. The van der Waals surface area contributed by atoms with Crippen molar-refractivity contribution in [3.05, 3.63) is 70.8 Å². The molecule has 3 nitrogen and oxygen atoms in total. The van der Waals surface area contributed by atoms with E-state index in [4.69, 9.17) is 5.11 Å². The van der Waals surface area contributed by atoms with Gasteiger partial charge in [0.05, 0.1) is 5.56 Å². The highest BCUT2D eigenvalue weighted by Crippen LogP contribution is 2.14. The molecule has 0 spiro atoms. The van der Waals surface area contributed by atoms with Gasteiger partial charge >= 0.3 is 5.97 Å². The van der Waals surface area contributed by atoms with Crippen molar-refractivity contribution in [3.63, 3.8) is 0 Å². The van der Waals surface area contributed by atoms with Crippen LogP contribution in [0, 0.1) is 6.92 Å². The second-order valence-corrected chi connectivity index (χ2v) is 5.02. The van der Waals surface area contributed by atoms with Gasteiger partial charge in [-0.1, -0.05) is 42.0 Å². The van der Waals surface area contributed by atoms with E-state index in [9.17, 15) is 4.79 Å². The molecule has 0 heterocycles. The number of carbonyl (C=O) groups is 1. The highest BCUT2D eigenvalue weighted by molar-refractivity contribution is 5.87. The van der Waals surface area contributed by atoms with Gasteiger partial charge in [-0.2, -0.15) is 0 Å². The van der Waals surface area contributed by atoms with Gasteiger partial charge < -0.3 is 10.4 Å². The van der Waals surface area contributed by atoms with Crippen LogP contribution in [-0.4, -0.2) is 11.1 Å². The Morgan fingerprint density at radius 3 is 2.50 bits per heavy atom. The molecule has 0 fully saturated rings. The molecule has 0 aliphatic rings. The van der Waals surface area contributed by atoms with Crippen molar-refractivity contribution in [2.45, 2.75) is 26.4 Å². The van der Waals surface area contributed by atoms with Crippen LogP contribution in [0.1, 0.15) is 40.0 Å². The summed E-state index contributed by atoms with van der Waals surface area (Å²) in [5, 5.41) is 12.3. The van der Waals surface area contributed by atoms with E-state index < -0.39 is 5.97 Å². The lowest BCUT2D eigenvalue weighted by Crippen LogP contribution is -2.18. The lowest BCUT2D eigenvalue weighted by atomic mass is 10.1. The monoisotopic (exact) mass is 269 g/mol. The number of aromatic carboxylic acids is 1. The highest BCUT2D eigenvalue weighted by atomic mass is 16.4. The van der Waals surface area contributed by atoms with Crippen LogP contribution in [0.2, 0.25) is 0 Å². The molecular formula is C17H19NO2. The molecule has 0 aliphatic heterocycles. The number of hydrogen-bond acceptors (Lipinski definition) is 2. The molecule has 0 bridgehead atoms. The van der Waals surface area contributed by atoms with Gasteiger partial charge in [-0.3, -0.25) is 0 Å². The van der Waals surface area contributed by atoms with Crippen LogP contribution < -0.4 is 5.32 Å². The number of benzene rings is 2. The summed E-state index contributed by atoms with van der Waals surface area (Å²) >= 11 is 0. The smallest absolute Gasteiger partial charge is 0.335 e. The fourth-order valence-electron chi connectivity index (χ4n) is 2.09. The summed E-state index contributed by atoms with van der Waals surface area (Å²) in [6.07, 6.45) is 0. The molecule has 0 radical (unpaired) electrons. The topological polar surface area (TPSA) is 49.3 Å². The first-order chi connectivity index (χ1) is 9.56. The summed E-state index contributed by atoms with van der Waals surface area (Å²) in [5.74, 6) is -0.891. The van der Waals surface area contributed by atoms with Crippen LogP contribution in [0.3, 0.4) is 0 Å². The number of nitrogens with one attached hydrogen (secondary N) is 1. The summed E-state index contributed by atoms with van der Waals surface area (Å²) < 4.78 is 0. The molecule has 0 saturated carbocycles. The van der Waals surface area contributed by atoms with Crippen molar-refractivity contribution in [2.24, 2.45) is 0 Å². The average Bonchev–Trinajstić information content (AvgIpc) is 2.45. The van der Waals surface area contributed by atoms with Gasteiger partial charge in [0, 0.05) is 12.6 Å². The van der Waals surface area contributed by atoms with Crippen LogP contribution in [0.4, 0.5) is 0 Å². The number of rotatable bonds is 5. The summed E-state index contributed by atoms with van der Waals surface area (Å²) in [4.78, 5) is 10.8. The Hall–Kier alpha value is -2.13. The normalized spacial score (nSPS) is 12.1. The van der Waals surface area contributed by atoms with E-state index in [0.29, 0.717) is 5.56 Å². The van der Waals surface area contributed by atoms with Crippen molar-refractivity contribution in [2.75, 3.05) is 0 Å². The lowest BCUT2D eigenvalue weighted by molar-refractivity contribution is 0.0697. The molecule has 0 saturated heterocycles. The van der Waals surface area contributed by atoms with Crippen molar-refractivity contribution >= 4 is 5.97 Å². The summed E-state index contributed by atoms with van der Waals surface area (Å²) in [7, 11) is 0. The molecule has 0 aromatic heterocycles. The molecule has 20 heavy (non-hydrogen) atoms. The maximum Gasteiger partial charge on any atom is 0.335 e. The fraction of sp³-hybridized carbons (Fsp3) is 0.235. The first-order valence-corrected chi connectivity index (χ1v) is 6.68. The third-order valence-electron chi connectivity index (χ3n) is 3.36. The minimum Gasteiger partial charge on any atom is -0.478 e. The summed E-state index contributed by atoms with van der Waals surface area (Å²) in [6, 6.07) is 15.6. The second-order valence-electron chi connectivity index (χ2n) is 5.02. The predicted molar refractivity (Wildman–Crippen MR) is 79.8 cm³/mol. The molecule has 0 unspecified atom stereocenters. The van der Waals surface area contributed by atoms with Gasteiger partial charge in [-0.05, 0) is 37.1 Å². The van der Waals surface area contributed by atoms with Crippen LogP contribution in [0.25, 0.3) is 0 Å². The SMILES string of the molecule is Cc1cccc([C@@H](C)NCc2ccc(C(=O)O)cc2)c1. The Bertz CT molecular complexity index is 590. The molecule has 0 aliphatic carbocycles. The zero-order chi connectivity index (χ0) is 14.5. The van der Waals surface area contributed by atoms with Crippen molar-refractivity contribution in [1.29, 1.82) is 0 Å². The van der Waals surface area contributed by atoms with Crippen molar-refractivity contribution in [3.8, 4) is 0 Å². The van der Waals surface area contributed by atoms with Crippen LogP contribution >= 0.6 is 0 Å². The number of carboxylic acids is 1. The van der Waals surface area contributed by atoms with Crippen molar-refractivity contribution in [1.82, 2.24) is 5.32 Å². The van der Waals surface area contributed by atoms with Gasteiger partial charge in [0.25, 0.3) is 0 Å². The Kier molecular flexibility index (Phi) is 4.53. The Balaban J connectivity index is 1.96. The maximum absolute atomic E-state index is 10.8. The van der Waals surface area contributed by atoms with E-state index in [2.05, 4.69) is 43.4 Å². The highest BCUT2D eigenvalue weighted by Gasteiger charge is 2.06. The van der Waals surface area contributed by atoms with Gasteiger partial charge in [-0.15, -0.1) is 0 Å². The molecule has 1 atom stereocenters. The summed E-state index contributed by atoms with van der Waals surface area (Å²) in [5.41, 5.74) is 3.91. The fourth-order valence-corrected chi connectivity index (χ4v) is 2.09.